The fourth-order valence-electron chi connectivity index (χ4n) is 2.11. The molecule has 1 aromatic carbocycles. The molecule has 1 rings (SSSR count). The van der Waals surface area contributed by atoms with Crippen LogP contribution < -0.4 is 10.6 Å². The fourth-order valence-corrected chi connectivity index (χ4v) is 2.11. The van der Waals surface area contributed by atoms with E-state index in [2.05, 4.69) is 64.2 Å². The maximum Gasteiger partial charge on any atom is 0.248 e. The summed E-state index contributed by atoms with van der Waals surface area (Å²) in [7, 11) is 0. The number of nitrogens with one attached hydrogen (secondary N) is 2. The van der Waals surface area contributed by atoms with Crippen molar-refractivity contribution < 1.29 is 9.53 Å². The van der Waals surface area contributed by atoms with Crippen LogP contribution >= 0.6 is 0 Å². The van der Waals surface area contributed by atoms with Gasteiger partial charge in [0.15, 0.2) is 6.73 Å². The molecule has 0 fully saturated rings. The van der Waals surface area contributed by atoms with Crippen molar-refractivity contribution >= 4 is 12.0 Å². The Hall–Kier alpha value is -2.25. The number of hydrogen-bond acceptors (Lipinski definition) is 3. The molecule has 0 aliphatic carbocycles. The number of carbonyl (C=O) groups excluding carboxylic acids is 1. The Morgan fingerprint density at radius 3 is 1.84 bits per heavy atom. The summed E-state index contributed by atoms with van der Waals surface area (Å²) in [5.41, 5.74) is 1.55. The molecule has 0 bridgehead atoms. The molecule has 1 amide bonds. The lowest BCUT2D eigenvalue weighted by Crippen LogP contribution is -2.43. The molecule has 0 atom stereocenters. The first-order chi connectivity index (χ1) is 13.2. The minimum Gasteiger partial charge on any atom is -0.431 e. The van der Waals surface area contributed by atoms with Crippen molar-refractivity contribution in [3.8, 4) is 12.0 Å². The first kappa shape index (κ1) is 33.4. The van der Waals surface area contributed by atoms with Crippen LogP contribution in [0.15, 0.2) is 35.9 Å². The third-order valence-electron chi connectivity index (χ3n) is 3.50. The molecular formula is C27H48N2O2. The van der Waals surface area contributed by atoms with Crippen molar-refractivity contribution in [3.05, 3.63) is 41.5 Å². The van der Waals surface area contributed by atoms with Crippen LogP contribution in [0, 0.1) is 17.4 Å². The molecular weight excluding hydrogens is 384 g/mol. The summed E-state index contributed by atoms with van der Waals surface area (Å²) < 4.78 is 4.89. The number of benzene rings is 1. The first-order valence-electron chi connectivity index (χ1n) is 10.0. The van der Waals surface area contributed by atoms with E-state index in [9.17, 15) is 4.79 Å². The maximum absolute atomic E-state index is 12.4. The molecule has 0 aliphatic rings. The van der Waals surface area contributed by atoms with E-state index in [1.165, 1.54) is 0 Å². The Balaban J connectivity index is -0.000000563. The highest BCUT2D eigenvalue weighted by Gasteiger charge is 2.26. The smallest absolute Gasteiger partial charge is 0.248 e. The highest BCUT2D eigenvalue weighted by molar-refractivity contribution is 5.99. The summed E-state index contributed by atoms with van der Waals surface area (Å²) in [6.07, 6.45) is 4.48. The van der Waals surface area contributed by atoms with Crippen molar-refractivity contribution in [3.63, 3.8) is 0 Å². The molecule has 31 heavy (non-hydrogen) atoms. The van der Waals surface area contributed by atoms with Gasteiger partial charge in [-0.15, -0.1) is 0 Å². The number of ether oxygens (including phenoxy) is 1. The van der Waals surface area contributed by atoms with E-state index in [-0.39, 0.29) is 37.3 Å². The van der Waals surface area contributed by atoms with Crippen molar-refractivity contribution in [2.24, 2.45) is 5.41 Å². The van der Waals surface area contributed by atoms with Crippen molar-refractivity contribution in [1.29, 1.82) is 0 Å². The zero-order valence-corrected chi connectivity index (χ0v) is 20.0. The third kappa shape index (κ3) is 18.3. The van der Waals surface area contributed by atoms with Crippen LogP contribution in [-0.4, -0.2) is 23.7 Å². The van der Waals surface area contributed by atoms with Gasteiger partial charge < -0.3 is 10.1 Å². The van der Waals surface area contributed by atoms with E-state index >= 15 is 0 Å². The second-order valence-electron chi connectivity index (χ2n) is 9.99. The maximum atomic E-state index is 12.4. The molecule has 4 heteroatoms. The van der Waals surface area contributed by atoms with Gasteiger partial charge in [-0.05, 0) is 58.6 Å². The summed E-state index contributed by atoms with van der Waals surface area (Å²) in [6.45, 7) is 20.6. The molecule has 0 unspecified atom stereocenters. The lowest BCUT2D eigenvalue weighted by molar-refractivity contribution is -0.119. The van der Waals surface area contributed by atoms with Gasteiger partial charge in [-0.25, -0.2) is 0 Å². The van der Waals surface area contributed by atoms with Crippen molar-refractivity contribution in [1.82, 2.24) is 10.6 Å². The van der Waals surface area contributed by atoms with Crippen molar-refractivity contribution in [2.45, 2.75) is 95.2 Å². The minimum absolute atomic E-state index is 0. The number of hydrogen-bond donors (Lipinski definition) is 2. The lowest BCUT2D eigenvalue weighted by Gasteiger charge is -2.27. The largest absolute Gasteiger partial charge is 0.431 e. The van der Waals surface area contributed by atoms with Gasteiger partial charge >= 0.3 is 0 Å². The average molecular weight is 433 g/mol. The van der Waals surface area contributed by atoms with Gasteiger partial charge in [0.25, 0.3) is 0 Å². The van der Waals surface area contributed by atoms with Crippen LogP contribution in [-0.2, 0) is 9.53 Å². The predicted octanol–water partition coefficient (Wildman–Crippen LogP) is 6.63. The number of carbonyl (C=O) groups is 1. The Bertz CT molecular complexity index is 704. The Morgan fingerprint density at radius 2 is 1.45 bits per heavy atom. The van der Waals surface area contributed by atoms with Crippen molar-refractivity contribution in [2.75, 3.05) is 6.73 Å². The summed E-state index contributed by atoms with van der Waals surface area (Å²) in [4.78, 5) is 12.4. The van der Waals surface area contributed by atoms with E-state index in [0.29, 0.717) is 6.73 Å². The van der Waals surface area contributed by atoms with Crippen LogP contribution in [0.5, 0.6) is 0 Å². The van der Waals surface area contributed by atoms with E-state index in [1.54, 1.807) is 6.92 Å². The molecule has 0 aromatic heterocycles. The molecule has 0 spiro atoms. The SMILES string of the molecule is C.C.CC#COCNC(C)(C)C.CC(C)(C)NC(=O)/C(=C/c1ccccc1)C(C)(C)C. The molecule has 0 saturated carbocycles. The van der Waals surface area contributed by atoms with Gasteiger partial charge in [-0.2, -0.15) is 0 Å². The van der Waals surface area contributed by atoms with Gasteiger partial charge in [0, 0.05) is 23.6 Å². The molecule has 0 heterocycles. The molecule has 4 nitrogen and oxygen atoms in total. The van der Waals surface area contributed by atoms with Crippen LogP contribution in [0.2, 0.25) is 0 Å². The van der Waals surface area contributed by atoms with E-state index < -0.39 is 0 Å². The monoisotopic (exact) mass is 432 g/mol. The highest BCUT2D eigenvalue weighted by atomic mass is 16.5. The van der Waals surface area contributed by atoms with E-state index in [4.69, 9.17) is 4.74 Å². The number of rotatable bonds is 4. The zero-order valence-electron chi connectivity index (χ0n) is 20.0. The normalized spacial score (nSPS) is 11.4. The molecule has 0 radical (unpaired) electrons. The van der Waals surface area contributed by atoms with Crippen LogP contribution in [0.1, 0.15) is 89.7 Å². The summed E-state index contributed by atoms with van der Waals surface area (Å²) in [5.74, 6) is 2.65. The third-order valence-corrected chi connectivity index (χ3v) is 3.50. The molecule has 0 saturated heterocycles. The first-order valence-corrected chi connectivity index (χ1v) is 10.0. The van der Waals surface area contributed by atoms with Gasteiger partial charge in [0.05, 0.1) is 0 Å². The highest BCUT2D eigenvalue weighted by Crippen LogP contribution is 2.28. The Kier molecular flexibility index (Phi) is 15.8. The van der Waals surface area contributed by atoms with Gasteiger partial charge in [0.2, 0.25) is 5.91 Å². The standard InChI is InChI=1S/C17H25NO.C8H15NO.2CH4/c1-16(2,3)14(15(19)18-17(4,5)6)12-13-10-8-7-9-11-13;1-5-6-10-7-9-8(2,3)4;;/h7-12H,1-6H3,(H,18,19);9H,7H2,1-4H3;2*1H4/b14-12-;;;. The predicted molar refractivity (Wildman–Crippen MR) is 138 cm³/mol. The van der Waals surface area contributed by atoms with Crippen LogP contribution in [0.25, 0.3) is 6.08 Å². The summed E-state index contributed by atoms with van der Waals surface area (Å²) >= 11 is 0. The minimum atomic E-state index is -0.224. The zero-order chi connectivity index (χ0) is 22.7. The molecule has 2 N–H and O–H groups in total. The molecule has 0 aliphatic heterocycles. The Labute approximate surface area is 193 Å². The van der Waals surface area contributed by atoms with Gasteiger partial charge in [-0.1, -0.05) is 71.9 Å². The number of amides is 1. The second-order valence-corrected chi connectivity index (χ2v) is 9.99. The van der Waals surface area contributed by atoms with Crippen LogP contribution in [0.3, 0.4) is 0 Å². The quantitative estimate of drug-likeness (QED) is 0.243. The van der Waals surface area contributed by atoms with Gasteiger partial charge in [0.1, 0.15) is 6.11 Å². The Morgan fingerprint density at radius 1 is 0.935 bits per heavy atom. The molecule has 178 valence electrons. The summed E-state index contributed by atoms with van der Waals surface area (Å²) in [5, 5.41) is 6.17. The van der Waals surface area contributed by atoms with E-state index in [0.717, 1.165) is 11.1 Å². The topological polar surface area (TPSA) is 50.4 Å². The average Bonchev–Trinajstić information content (AvgIpc) is 2.55. The van der Waals surface area contributed by atoms with Gasteiger partial charge in [-0.3, -0.25) is 10.1 Å². The fraction of sp³-hybridized carbons (Fsp3) is 0.593. The lowest BCUT2D eigenvalue weighted by atomic mass is 9.84. The summed E-state index contributed by atoms with van der Waals surface area (Å²) in [6, 6.07) is 9.96. The van der Waals surface area contributed by atoms with Crippen LogP contribution in [0.4, 0.5) is 0 Å². The second kappa shape index (κ2) is 14.7. The molecule has 1 aromatic rings. The van der Waals surface area contributed by atoms with E-state index in [1.807, 2.05) is 57.2 Å².